The highest BCUT2D eigenvalue weighted by molar-refractivity contribution is 5.84. The number of hydrogen-bond acceptors (Lipinski definition) is 7. The summed E-state index contributed by atoms with van der Waals surface area (Å²) in [4.78, 5) is 30.1. The van der Waals surface area contributed by atoms with Gasteiger partial charge in [0, 0.05) is 92.1 Å². The van der Waals surface area contributed by atoms with Crippen molar-refractivity contribution in [2.24, 2.45) is 5.73 Å². The summed E-state index contributed by atoms with van der Waals surface area (Å²) in [6.45, 7) is 8.48. The third kappa shape index (κ3) is 6.47. The molecule has 0 bridgehead atoms. The standard InChI is InChI=1S/C36H44FN7O/c1-24-7-8-30(18-40-24)41-13-4-6-31(23-41)43(19-26-11-12-39-25(2)15-26)20-27-21-44(29-9-10-29)34-17-35(33(37)16-32(34)36(27)45)42-14-3-5-28(38)22-42/h7-8,11-12,15-18,21,28-29,31H,3-6,9-10,13-14,19-20,22-23,38H2,1-2H3/t28-,31-/m0/s1. The second kappa shape index (κ2) is 12.5. The number of pyridine rings is 3. The predicted molar refractivity (Wildman–Crippen MR) is 178 cm³/mol. The van der Waals surface area contributed by atoms with Crippen LogP contribution in [0.15, 0.2) is 59.8 Å². The highest BCUT2D eigenvalue weighted by Gasteiger charge is 2.30. The number of hydrogen-bond donors (Lipinski definition) is 1. The molecule has 2 saturated heterocycles. The summed E-state index contributed by atoms with van der Waals surface area (Å²) >= 11 is 0. The van der Waals surface area contributed by atoms with Gasteiger partial charge in [-0.25, -0.2) is 4.39 Å². The van der Waals surface area contributed by atoms with E-state index in [1.54, 1.807) is 0 Å². The van der Waals surface area contributed by atoms with Gasteiger partial charge in [-0.2, -0.15) is 0 Å². The SMILES string of the molecule is Cc1ccc(N2CCC[C@H](N(Cc3ccnc(C)c3)Cc3cn(C4CC4)c4cc(N5CCC[C@H](N)C5)c(F)cc4c3=O)C2)cn1. The Kier molecular flexibility index (Phi) is 8.31. The molecule has 1 aliphatic carbocycles. The lowest BCUT2D eigenvalue weighted by molar-refractivity contribution is 0.158. The van der Waals surface area contributed by atoms with Gasteiger partial charge in [0.1, 0.15) is 5.82 Å². The van der Waals surface area contributed by atoms with Crippen LogP contribution < -0.4 is 21.0 Å². The second-order valence-corrected chi connectivity index (χ2v) is 13.4. The lowest BCUT2D eigenvalue weighted by Crippen LogP contribution is -2.48. The number of fused-ring (bicyclic) bond motifs is 1. The van der Waals surface area contributed by atoms with Crippen LogP contribution in [-0.4, -0.2) is 57.7 Å². The molecule has 3 aromatic heterocycles. The van der Waals surface area contributed by atoms with Crippen molar-refractivity contribution in [3.63, 3.8) is 0 Å². The van der Waals surface area contributed by atoms with E-state index < -0.39 is 0 Å². The monoisotopic (exact) mass is 609 g/mol. The summed E-state index contributed by atoms with van der Waals surface area (Å²) in [7, 11) is 0. The average molecular weight is 610 g/mol. The quantitative estimate of drug-likeness (QED) is 0.283. The Bertz CT molecular complexity index is 1730. The van der Waals surface area contributed by atoms with E-state index in [2.05, 4.69) is 59.7 Å². The summed E-state index contributed by atoms with van der Waals surface area (Å²) in [6, 6.07) is 12.4. The molecule has 0 spiro atoms. The van der Waals surface area contributed by atoms with E-state index in [1.807, 2.05) is 32.3 Å². The molecule has 2 N–H and O–H groups in total. The smallest absolute Gasteiger partial charge is 0.193 e. The van der Waals surface area contributed by atoms with E-state index in [0.29, 0.717) is 36.7 Å². The van der Waals surface area contributed by atoms with Crippen LogP contribution in [0.25, 0.3) is 10.9 Å². The van der Waals surface area contributed by atoms with E-state index in [1.165, 1.54) is 11.6 Å². The molecule has 0 amide bonds. The van der Waals surface area contributed by atoms with Crippen molar-refractivity contribution in [1.29, 1.82) is 0 Å². The molecular weight excluding hydrogens is 565 g/mol. The molecule has 9 heteroatoms. The lowest BCUT2D eigenvalue weighted by atomic mass is 10.0. The molecule has 45 heavy (non-hydrogen) atoms. The molecule has 1 aromatic carbocycles. The fourth-order valence-corrected chi connectivity index (χ4v) is 7.26. The van der Waals surface area contributed by atoms with Gasteiger partial charge in [0.05, 0.1) is 23.1 Å². The fourth-order valence-electron chi connectivity index (χ4n) is 7.26. The van der Waals surface area contributed by atoms with Gasteiger partial charge >= 0.3 is 0 Å². The molecule has 2 aliphatic heterocycles. The van der Waals surface area contributed by atoms with Gasteiger partial charge in [-0.15, -0.1) is 0 Å². The van der Waals surface area contributed by atoms with Crippen molar-refractivity contribution in [3.8, 4) is 0 Å². The first-order chi connectivity index (χ1) is 21.8. The first-order valence-electron chi connectivity index (χ1n) is 16.5. The van der Waals surface area contributed by atoms with Crippen molar-refractivity contribution >= 4 is 22.3 Å². The van der Waals surface area contributed by atoms with Gasteiger partial charge in [0.2, 0.25) is 0 Å². The van der Waals surface area contributed by atoms with Gasteiger partial charge in [-0.05, 0) is 94.3 Å². The fraction of sp³-hybridized carbons (Fsp3) is 0.472. The van der Waals surface area contributed by atoms with Crippen LogP contribution in [0.1, 0.15) is 67.1 Å². The zero-order valence-corrected chi connectivity index (χ0v) is 26.5. The normalized spacial score (nSPS) is 20.7. The predicted octanol–water partition coefficient (Wildman–Crippen LogP) is 5.48. The second-order valence-electron chi connectivity index (χ2n) is 13.4. The van der Waals surface area contributed by atoms with Gasteiger partial charge in [0.25, 0.3) is 0 Å². The van der Waals surface area contributed by atoms with Gasteiger partial charge in [-0.3, -0.25) is 19.7 Å². The minimum Gasteiger partial charge on any atom is -0.369 e. The molecule has 3 fully saturated rings. The van der Waals surface area contributed by atoms with Gasteiger partial charge in [0.15, 0.2) is 5.43 Å². The van der Waals surface area contributed by atoms with Crippen LogP contribution in [0, 0.1) is 19.7 Å². The molecule has 2 atom stereocenters. The number of piperidine rings is 2. The van der Waals surface area contributed by atoms with Gasteiger partial charge in [-0.1, -0.05) is 0 Å². The third-order valence-corrected chi connectivity index (χ3v) is 9.81. The molecular formula is C36H44FN7O. The van der Waals surface area contributed by atoms with Crippen LogP contribution in [0.3, 0.4) is 0 Å². The Hall–Kier alpha value is -3.82. The molecule has 5 heterocycles. The summed E-state index contributed by atoms with van der Waals surface area (Å²) in [5.74, 6) is -0.341. The highest BCUT2D eigenvalue weighted by Crippen LogP contribution is 2.38. The van der Waals surface area contributed by atoms with Crippen molar-refractivity contribution in [3.05, 3.63) is 93.5 Å². The minimum absolute atomic E-state index is 0.0370. The molecule has 8 nitrogen and oxygen atoms in total. The maximum absolute atomic E-state index is 15.7. The molecule has 0 unspecified atom stereocenters. The first kappa shape index (κ1) is 29.9. The molecule has 0 radical (unpaired) electrons. The Morgan fingerprint density at radius 3 is 2.51 bits per heavy atom. The zero-order valence-electron chi connectivity index (χ0n) is 26.5. The first-order valence-corrected chi connectivity index (χ1v) is 16.5. The number of aryl methyl sites for hydroxylation is 2. The van der Waals surface area contributed by atoms with E-state index in [0.717, 1.165) is 86.3 Å². The van der Waals surface area contributed by atoms with Crippen LogP contribution >= 0.6 is 0 Å². The van der Waals surface area contributed by atoms with Crippen molar-refractivity contribution in [2.75, 3.05) is 36.0 Å². The number of nitrogens with two attached hydrogens (primary N) is 1. The van der Waals surface area contributed by atoms with Crippen LogP contribution in [0.4, 0.5) is 15.8 Å². The van der Waals surface area contributed by atoms with Crippen LogP contribution in [0.5, 0.6) is 0 Å². The van der Waals surface area contributed by atoms with Crippen LogP contribution in [0.2, 0.25) is 0 Å². The molecule has 1 saturated carbocycles. The van der Waals surface area contributed by atoms with Gasteiger partial charge < -0.3 is 20.1 Å². The Morgan fingerprint density at radius 1 is 0.933 bits per heavy atom. The number of aromatic nitrogens is 3. The summed E-state index contributed by atoms with van der Waals surface area (Å²) in [5, 5.41) is 0.470. The summed E-state index contributed by atoms with van der Waals surface area (Å²) in [6.07, 6.45) is 12.0. The lowest BCUT2D eigenvalue weighted by Gasteiger charge is -2.40. The summed E-state index contributed by atoms with van der Waals surface area (Å²) in [5.41, 5.74) is 12.6. The van der Waals surface area contributed by atoms with E-state index in [9.17, 15) is 4.79 Å². The minimum atomic E-state index is -0.341. The summed E-state index contributed by atoms with van der Waals surface area (Å²) < 4.78 is 18.0. The number of halogens is 1. The molecule has 3 aliphatic rings. The van der Waals surface area contributed by atoms with Crippen molar-refractivity contribution in [1.82, 2.24) is 19.4 Å². The molecule has 7 rings (SSSR count). The largest absolute Gasteiger partial charge is 0.369 e. The van der Waals surface area contributed by atoms with Crippen LogP contribution in [-0.2, 0) is 13.1 Å². The Morgan fingerprint density at radius 2 is 1.76 bits per heavy atom. The maximum atomic E-state index is 15.7. The molecule has 236 valence electrons. The van der Waals surface area contributed by atoms with Crippen molar-refractivity contribution < 1.29 is 4.39 Å². The molecule has 4 aromatic rings. The highest BCUT2D eigenvalue weighted by atomic mass is 19.1. The number of benzene rings is 1. The van der Waals surface area contributed by atoms with E-state index >= 15 is 4.39 Å². The number of nitrogens with zero attached hydrogens (tertiary/aromatic N) is 6. The Labute approximate surface area is 264 Å². The average Bonchev–Trinajstić information content (AvgIpc) is 3.88. The van der Waals surface area contributed by atoms with E-state index in [-0.39, 0.29) is 23.3 Å². The van der Waals surface area contributed by atoms with Crippen molar-refractivity contribution in [2.45, 2.75) is 83.6 Å². The maximum Gasteiger partial charge on any atom is 0.193 e. The Balaban J connectivity index is 1.25. The zero-order chi connectivity index (χ0) is 31.1. The number of rotatable bonds is 8. The third-order valence-electron chi connectivity index (χ3n) is 9.81. The van der Waals surface area contributed by atoms with E-state index in [4.69, 9.17) is 5.73 Å². The topological polar surface area (TPSA) is 83.5 Å². The number of anilines is 2.